The van der Waals surface area contributed by atoms with Gasteiger partial charge in [-0.05, 0) is 11.4 Å². The molecule has 0 fully saturated rings. The second-order valence-corrected chi connectivity index (χ2v) is 3.87. The van der Waals surface area contributed by atoms with Crippen molar-refractivity contribution in [2.75, 3.05) is 0 Å². The summed E-state index contributed by atoms with van der Waals surface area (Å²) < 4.78 is 4.79. The summed E-state index contributed by atoms with van der Waals surface area (Å²) >= 11 is 1.34. The second-order valence-electron chi connectivity index (χ2n) is 2.93. The average Bonchev–Trinajstić information content (AvgIpc) is 2.86. The SMILES string of the molecule is NC(=O)c1oc([N+](=O)[O-])cc1-c1cccs1. The number of hydrogen-bond acceptors (Lipinski definition) is 5. The topological polar surface area (TPSA) is 99.4 Å². The summed E-state index contributed by atoms with van der Waals surface area (Å²) in [6.45, 7) is 0. The maximum Gasteiger partial charge on any atom is 0.434 e. The smallest absolute Gasteiger partial charge is 0.395 e. The molecule has 2 rings (SSSR count). The summed E-state index contributed by atoms with van der Waals surface area (Å²) in [7, 11) is 0. The van der Waals surface area contributed by atoms with Gasteiger partial charge < -0.3 is 10.2 Å². The average molecular weight is 238 g/mol. The lowest BCUT2D eigenvalue weighted by Gasteiger charge is -1.92. The first-order chi connectivity index (χ1) is 7.59. The van der Waals surface area contributed by atoms with Gasteiger partial charge in [0.2, 0.25) is 5.76 Å². The van der Waals surface area contributed by atoms with Crippen molar-refractivity contribution in [3.63, 3.8) is 0 Å². The molecule has 0 aliphatic heterocycles. The largest absolute Gasteiger partial charge is 0.434 e. The van der Waals surface area contributed by atoms with Crippen molar-refractivity contribution in [3.8, 4) is 10.4 Å². The maximum absolute atomic E-state index is 11.1. The Balaban J connectivity index is 2.59. The minimum atomic E-state index is -0.823. The van der Waals surface area contributed by atoms with E-state index in [1.807, 2.05) is 0 Å². The predicted octanol–water partition coefficient (Wildman–Crippen LogP) is 2.02. The first kappa shape index (κ1) is 10.4. The zero-order valence-electron chi connectivity index (χ0n) is 7.88. The monoisotopic (exact) mass is 238 g/mol. The van der Waals surface area contributed by atoms with Gasteiger partial charge in [-0.15, -0.1) is 11.3 Å². The highest BCUT2D eigenvalue weighted by Crippen LogP contribution is 2.33. The third kappa shape index (κ3) is 1.68. The van der Waals surface area contributed by atoms with Crippen LogP contribution in [0.5, 0.6) is 0 Å². The molecule has 16 heavy (non-hydrogen) atoms. The molecule has 0 atom stereocenters. The number of carbonyl (C=O) groups excluding carboxylic acids is 1. The Bertz CT molecular complexity index is 544. The van der Waals surface area contributed by atoms with E-state index >= 15 is 0 Å². The van der Waals surface area contributed by atoms with E-state index in [0.29, 0.717) is 10.4 Å². The first-order valence-corrected chi connectivity index (χ1v) is 5.09. The summed E-state index contributed by atoms with van der Waals surface area (Å²) in [5, 5.41) is 12.3. The zero-order valence-corrected chi connectivity index (χ0v) is 8.69. The van der Waals surface area contributed by atoms with Crippen LogP contribution in [0, 0.1) is 10.1 Å². The fraction of sp³-hybridized carbons (Fsp3) is 0. The minimum Gasteiger partial charge on any atom is -0.395 e. The molecule has 0 radical (unpaired) electrons. The Hall–Kier alpha value is -2.15. The molecule has 2 heterocycles. The molecule has 2 N–H and O–H groups in total. The zero-order chi connectivity index (χ0) is 11.7. The molecule has 0 unspecified atom stereocenters. The van der Waals surface area contributed by atoms with Gasteiger partial charge in [0.1, 0.15) is 4.92 Å². The van der Waals surface area contributed by atoms with Crippen LogP contribution in [0.3, 0.4) is 0 Å². The number of thiophene rings is 1. The number of furan rings is 1. The van der Waals surface area contributed by atoms with E-state index in [2.05, 4.69) is 0 Å². The molecule has 82 valence electrons. The quantitative estimate of drug-likeness (QED) is 0.652. The van der Waals surface area contributed by atoms with Crippen molar-refractivity contribution in [1.82, 2.24) is 0 Å². The molecule has 0 aliphatic rings. The predicted molar refractivity (Wildman–Crippen MR) is 57.2 cm³/mol. The summed E-state index contributed by atoms with van der Waals surface area (Å²) in [4.78, 5) is 21.6. The second kappa shape index (κ2) is 3.78. The molecule has 0 saturated heterocycles. The van der Waals surface area contributed by atoms with Gasteiger partial charge >= 0.3 is 5.88 Å². The Morgan fingerprint density at radius 2 is 2.31 bits per heavy atom. The van der Waals surface area contributed by atoms with Gasteiger partial charge in [-0.3, -0.25) is 14.9 Å². The van der Waals surface area contributed by atoms with Crippen molar-refractivity contribution < 1.29 is 14.1 Å². The van der Waals surface area contributed by atoms with Crippen LogP contribution in [0.25, 0.3) is 10.4 Å². The highest BCUT2D eigenvalue weighted by atomic mass is 32.1. The maximum atomic E-state index is 11.1. The van der Waals surface area contributed by atoms with E-state index in [4.69, 9.17) is 10.2 Å². The number of carbonyl (C=O) groups is 1. The van der Waals surface area contributed by atoms with Crippen molar-refractivity contribution in [2.45, 2.75) is 0 Å². The first-order valence-electron chi connectivity index (χ1n) is 4.21. The lowest BCUT2D eigenvalue weighted by molar-refractivity contribution is -0.402. The Morgan fingerprint density at radius 1 is 1.56 bits per heavy atom. The summed E-state index contributed by atoms with van der Waals surface area (Å²) in [6.07, 6.45) is 0. The van der Waals surface area contributed by atoms with E-state index < -0.39 is 16.7 Å². The van der Waals surface area contributed by atoms with Crippen LogP contribution in [0.4, 0.5) is 5.88 Å². The number of primary amides is 1. The highest BCUT2D eigenvalue weighted by Gasteiger charge is 2.23. The molecular weight excluding hydrogens is 232 g/mol. The summed E-state index contributed by atoms with van der Waals surface area (Å²) in [6, 6.07) is 4.70. The fourth-order valence-corrected chi connectivity index (χ4v) is 2.01. The molecule has 2 aromatic heterocycles. The molecule has 6 nitrogen and oxygen atoms in total. The number of nitrogens with two attached hydrogens (primary N) is 1. The van der Waals surface area contributed by atoms with E-state index in [-0.39, 0.29) is 5.76 Å². The van der Waals surface area contributed by atoms with Crippen LogP contribution in [-0.4, -0.2) is 10.8 Å². The van der Waals surface area contributed by atoms with Crippen LogP contribution in [-0.2, 0) is 0 Å². The van der Waals surface area contributed by atoms with Gasteiger partial charge in [0.25, 0.3) is 5.91 Å². The van der Waals surface area contributed by atoms with E-state index in [0.717, 1.165) is 0 Å². The van der Waals surface area contributed by atoms with Crippen molar-refractivity contribution >= 4 is 23.1 Å². The third-order valence-corrected chi connectivity index (χ3v) is 2.81. The summed E-state index contributed by atoms with van der Waals surface area (Å²) in [5.41, 5.74) is 5.44. The van der Waals surface area contributed by atoms with Gasteiger partial charge in [-0.25, -0.2) is 0 Å². The third-order valence-electron chi connectivity index (χ3n) is 1.91. The Kier molecular flexibility index (Phi) is 2.45. The van der Waals surface area contributed by atoms with Crippen LogP contribution in [0.2, 0.25) is 0 Å². The van der Waals surface area contributed by atoms with Crippen molar-refractivity contribution in [3.05, 3.63) is 39.5 Å². The molecular formula is C9H6N2O4S. The number of nitro groups is 1. The number of rotatable bonds is 3. The van der Waals surface area contributed by atoms with Crippen molar-refractivity contribution in [2.24, 2.45) is 5.73 Å². The van der Waals surface area contributed by atoms with Gasteiger partial charge in [0, 0.05) is 4.88 Å². The standard InChI is InChI=1S/C9H6N2O4S/c10-9(12)8-5(6-2-1-3-16-6)4-7(15-8)11(13)14/h1-4H,(H2,10,12). The van der Waals surface area contributed by atoms with Gasteiger partial charge in [-0.2, -0.15) is 0 Å². The molecule has 1 amide bonds. The lowest BCUT2D eigenvalue weighted by atomic mass is 10.2. The molecule has 7 heteroatoms. The van der Waals surface area contributed by atoms with Crippen LogP contribution in [0.15, 0.2) is 28.0 Å². The Morgan fingerprint density at radius 3 is 2.81 bits per heavy atom. The molecule has 0 aliphatic carbocycles. The van der Waals surface area contributed by atoms with Crippen LogP contribution >= 0.6 is 11.3 Å². The highest BCUT2D eigenvalue weighted by molar-refractivity contribution is 7.13. The number of hydrogen-bond donors (Lipinski definition) is 1. The summed E-state index contributed by atoms with van der Waals surface area (Å²) in [5.74, 6) is -1.50. The normalized spacial score (nSPS) is 10.2. The van der Waals surface area contributed by atoms with E-state index in [1.165, 1.54) is 17.4 Å². The molecule has 0 aromatic carbocycles. The number of nitrogens with zero attached hydrogens (tertiary/aromatic N) is 1. The fourth-order valence-electron chi connectivity index (χ4n) is 1.27. The van der Waals surface area contributed by atoms with Gasteiger partial charge in [0.15, 0.2) is 0 Å². The molecule has 0 spiro atoms. The van der Waals surface area contributed by atoms with Crippen LogP contribution < -0.4 is 5.73 Å². The molecule has 0 saturated carbocycles. The Labute approximate surface area is 93.4 Å². The number of amides is 1. The van der Waals surface area contributed by atoms with Gasteiger partial charge in [0.05, 0.1) is 11.6 Å². The minimum absolute atomic E-state index is 0.186. The van der Waals surface area contributed by atoms with Crippen molar-refractivity contribution in [1.29, 1.82) is 0 Å². The van der Waals surface area contributed by atoms with Crippen LogP contribution in [0.1, 0.15) is 10.6 Å². The molecule has 2 aromatic rings. The molecule has 0 bridgehead atoms. The van der Waals surface area contributed by atoms with E-state index in [1.54, 1.807) is 17.5 Å². The van der Waals surface area contributed by atoms with E-state index in [9.17, 15) is 14.9 Å². The van der Waals surface area contributed by atoms with Gasteiger partial charge in [-0.1, -0.05) is 6.07 Å². The lowest BCUT2D eigenvalue weighted by Crippen LogP contribution is -2.10.